The Morgan fingerprint density at radius 2 is 2.00 bits per heavy atom. The molecule has 0 aliphatic heterocycles. The molecule has 0 amide bonds. The summed E-state index contributed by atoms with van der Waals surface area (Å²) in [5.74, 6) is 3.29. The first-order valence-electron chi connectivity index (χ1n) is 7.69. The van der Waals surface area contributed by atoms with Gasteiger partial charge in [-0.1, -0.05) is 26.7 Å². The third kappa shape index (κ3) is 4.62. The van der Waals surface area contributed by atoms with Crippen molar-refractivity contribution < 1.29 is 0 Å². The van der Waals surface area contributed by atoms with Gasteiger partial charge in [-0.15, -0.1) is 0 Å². The highest BCUT2D eigenvalue weighted by atomic mass is 79.9. The molecule has 5 heteroatoms. The molecule has 0 atom stereocenters. The van der Waals surface area contributed by atoms with Gasteiger partial charge in [0.05, 0.1) is 4.47 Å². The highest BCUT2D eigenvalue weighted by Crippen LogP contribution is 2.29. The van der Waals surface area contributed by atoms with Gasteiger partial charge in [-0.05, 0) is 47.0 Å². The Hall–Kier alpha value is -0.840. The number of hydrogen-bond acceptors (Lipinski definition) is 4. The Morgan fingerprint density at radius 3 is 2.70 bits per heavy atom. The van der Waals surface area contributed by atoms with Gasteiger partial charge in [0.1, 0.15) is 5.82 Å². The molecular formula is C15H25BrN4. The Bertz CT molecular complexity index is 416. The molecule has 1 saturated carbocycles. The molecular weight excluding hydrogens is 316 g/mol. The molecule has 1 fully saturated rings. The number of rotatable bonds is 6. The molecule has 2 rings (SSSR count). The van der Waals surface area contributed by atoms with E-state index >= 15 is 0 Å². The first-order valence-corrected chi connectivity index (χ1v) is 8.48. The van der Waals surface area contributed by atoms with Crippen LogP contribution in [0.5, 0.6) is 0 Å². The van der Waals surface area contributed by atoms with Crippen LogP contribution in [0.15, 0.2) is 10.7 Å². The predicted molar refractivity (Wildman–Crippen MR) is 88.1 cm³/mol. The minimum absolute atomic E-state index is 0.704. The topological polar surface area (TPSA) is 49.8 Å². The van der Waals surface area contributed by atoms with Crippen LogP contribution in [-0.4, -0.2) is 23.1 Å². The molecule has 1 aliphatic carbocycles. The zero-order valence-corrected chi connectivity index (χ0v) is 14.0. The fraction of sp³-hybridized carbons (Fsp3) is 0.733. The molecule has 0 unspecified atom stereocenters. The van der Waals surface area contributed by atoms with Crippen LogP contribution in [0.2, 0.25) is 0 Å². The summed E-state index contributed by atoms with van der Waals surface area (Å²) in [4.78, 5) is 8.80. The lowest BCUT2D eigenvalue weighted by Crippen LogP contribution is -2.21. The van der Waals surface area contributed by atoms with Crippen LogP contribution in [0, 0.1) is 11.8 Å². The molecule has 20 heavy (non-hydrogen) atoms. The third-order valence-corrected chi connectivity index (χ3v) is 4.55. The first-order chi connectivity index (χ1) is 9.69. The second-order valence-corrected chi connectivity index (χ2v) is 6.68. The molecule has 0 radical (unpaired) electrons. The summed E-state index contributed by atoms with van der Waals surface area (Å²) in [5.41, 5.74) is 0. The van der Waals surface area contributed by atoms with Crippen molar-refractivity contribution >= 4 is 27.7 Å². The van der Waals surface area contributed by atoms with E-state index in [0.717, 1.165) is 41.6 Å². The fourth-order valence-corrected chi connectivity index (χ4v) is 2.92. The maximum Gasteiger partial charge on any atom is 0.224 e. The number of halogens is 1. The van der Waals surface area contributed by atoms with Gasteiger partial charge in [-0.25, -0.2) is 4.98 Å². The normalized spacial score (nSPS) is 22.6. The van der Waals surface area contributed by atoms with E-state index in [9.17, 15) is 0 Å². The molecule has 0 saturated heterocycles. The first kappa shape index (κ1) is 15.5. The van der Waals surface area contributed by atoms with Crippen molar-refractivity contribution in [2.75, 3.05) is 23.7 Å². The summed E-state index contributed by atoms with van der Waals surface area (Å²) >= 11 is 3.52. The SMILES string of the molecule is CCCNc1ncc(Br)c(NCC2CCC(C)CC2)n1. The van der Waals surface area contributed by atoms with Crippen molar-refractivity contribution in [3.63, 3.8) is 0 Å². The molecule has 0 spiro atoms. The van der Waals surface area contributed by atoms with Gasteiger partial charge in [0.2, 0.25) is 5.95 Å². The Balaban J connectivity index is 1.87. The number of aromatic nitrogens is 2. The van der Waals surface area contributed by atoms with Crippen LogP contribution in [0.4, 0.5) is 11.8 Å². The Labute approximate surface area is 130 Å². The number of hydrogen-bond donors (Lipinski definition) is 2. The summed E-state index contributed by atoms with van der Waals surface area (Å²) in [7, 11) is 0. The van der Waals surface area contributed by atoms with Gasteiger partial charge >= 0.3 is 0 Å². The summed E-state index contributed by atoms with van der Waals surface area (Å²) in [6.07, 6.45) is 8.27. The number of nitrogens with one attached hydrogen (secondary N) is 2. The van der Waals surface area contributed by atoms with Crippen LogP contribution in [0.25, 0.3) is 0 Å². The molecule has 1 aromatic heterocycles. The van der Waals surface area contributed by atoms with Crippen LogP contribution < -0.4 is 10.6 Å². The Kier molecular flexibility index (Phi) is 6.07. The maximum absolute atomic E-state index is 4.53. The molecule has 1 aromatic rings. The third-order valence-electron chi connectivity index (χ3n) is 3.97. The van der Waals surface area contributed by atoms with E-state index in [1.807, 2.05) is 6.20 Å². The van der Waals surface area contributed by atoms with E-state index in [1.54, 1.807) is 0 Å². The van der Waals surface area contributed by atoms with Crippen molar-refractivity contribution in [2.24, 2.45) is 11.8 Å². The summed E-state index contributed by atoms with van der Waals surface area (Å²) in [5, 5.41) is 6.70. The van der Waals surface area contributed by atoms with Crippen LogP contribution in [0.3, 0.4) is 0 Å². The smallest absolute Gasteiger partial charge is 0.224 e. The lowest BCUT2D eigenvalue weighted by molar-refractivity contribution is 0.300. The zero-order valence-electron chi connectivity index (χ0n) is 12.5. The minimum Gasteiger partial charge on any atom is -0.369 e. The predicted octanol–water partition coefficient (Wildman–Crippen LogP) is 4.30. The van der Waals surface area contributed by atoms with Crippen LogP contribution >= 0.6 is 15.9 Å². The van der Waals surface area contributed by atoms with E-state index < -0.39 is 0 Å². The van der Waals surface area contributed by atoms with E-state index in [1.165, 1.54) is 25.7 Å². The number of nitrogens with zero attached hydrogens (tertiary/aromatic N) is 2. The molecule has 2 N–H and O–H groups in total. The van der Waals surface area contributed by atoms with Gasteiger partial charge in [0.15, 0.2) is 0 Å². The quantitative estimate of drug-likeness (QED) is 0.810. The number of anilines is 2. The van der Waals surface area contributed by atoms with Crippen molar-refractivity contribution in [1.82, 2.24) is 9.97 Å². The van der Waals surface area contributed by atoms with Crippen LogP contribution in [-0.2, 0) is 0 Å². The lowest BCUT2D eigenvalue weighted by atomic mass is 9.83. The minimum atomic E-state index is 0.704. The van der Waals surface area contributed by atoms with E-state index in [2.05, 4.69) is 50.4 Å². The highest BCUT2D eigenvalue weighted by molar-refractivity contribution is 9.10. The summed E-state index contributed by atoms with van der Waals surface area (Å²) < 4.78 is 0.934. The van der Waals surface area contributed by atoms with Gasteiger partial charge in [-0.3, -0.25) is 0 Å². The lowest BCUT2D eigenvalue weighted by Gasteiger charge is -2.26. The fourth-order valence-electron chi connectivity index (χ4n) is 2.59. The van der Waals surface area contributed by atoms with Gasteiger partial charge < -0.3 is 10.6 Å². The zero-order chi connectivity index (χ0) is 14.4. The maximum atomic E-state index is 4.53. The van der Waals surface area contributed by atoms with E-state index in [4.69, 9.17) is 0 Å². The van der Waals surface area contributed by atoms with E-state index in [-0.39, 0.29) is 0 Å². The van der Waals surface area contributed by atoms with Crippen molar-refractivity contribution in [1.29, 1.82) is 0 Å². The van der Waals surface area contributed by atoms with Gasteiger partial charge in [0.25, 0.3) is 0 Å². The molecule has 1 aliphatic rings. The molecule has 0 bridgehead atoms. The Morgan fingerprint density at radius 1 is 1.25 bits per heavy atom. The average molecular weight is 341 g/mol. The summed E-state index contributed by atoms with van der Waals surface area (Å²) in [6.45, 7) is 6.41. The van der Waals surface area contributed by atoms with Crippen molar-refractivity contribution in [3.05, 3.63) is 10.7 Å². The largest absolute Gasteiger partial charge is 0.369 e. The molecule has 0 aromatic carbocycles. The average Bonchev–Trinajstić information content (AvgIpc) is 2.46. The van der Waals surface area contributed by atoms with Crippen molar-refractivity contribution in [3.8, 4) is 0 Å². The monoisotopic (exact) mass is 340 g/mol. The molecule has 4 nitrogen and oxygen atoms in total. The molecule has 1 heterocycles. The highest BCUT2D eigenvalue weighted by Gasteiger charge is 2.18. The van der Waals surface area contributed by atoms with Gasteiger partial charge in [0, 0.05) is 19.3 Å². The summed E-state index contributed by atoms with van der Waals surface area (Å²) in [6, 6.07) is 0. The van der Waals surface area contributed by atoms with Crippen molar-refractivity contribution in [2.45, 2.75) is 46.0 Å². The van der Waals surface area contributed by atoms with E-state index in [0.29, 0.717) is 5.95 Å². The second-order valence-electron chi connectivity index (χ2n) is 5.82. The van der Waals surface area contributed by atoms with Gasteiger partial charge in [-0.2, -0.15) is 4.98 Å². The second kappa shape index (κ2) is 7.81. The standard InChI is InChI=1S/C15H25BrN4/c1-3-8-17-15-19-10-13(16)14(20-15)18-9-12-6-4-11(2)5-7-12/h10-12H,3-9H2,1-2H3,(H2,17,18,19,20). The van der Waals surface area contributed by atoms with Crippen LogP contribution in [0.1, 0.15) is 46.0 Å². The molecule has 112 valence electrons.